The molecular weight excluding hydrogens is 494 g/mol. The lowest BCUT2D eigenvalue weighted by Gasteiger charge is -2.15. The number of rotatable bonds is 9. The molecule has 0 spiro atoms. The third-order valence-electron chi connectivity index (χ3n) is 5.84. The first-order chi connectivity index (χ1) is 17.2. The van der Waals surface area contributed by atoms with Crippen molar-refractivity contribution in [1.29, 1.82) is 0 Å². The van der Waals surface area contributed by atoms with Crippen LogP contribution in [-0.4, -0.2) is 53.8 Å². The van der Waals surface area contributed by atoms with Crippen LogP contribution in [0.15, 0.2) is 35.5 Å². The molecule has 0 aliphatic heterocycles. The summed E-state index contributed by atoms with van der Waals surface area (Å²) in [6.07, 6.45) is 5.82. The third-order valence-corrected chi connectivity index (χ3v) is 8.62. The average Bonchev–Trinajstić information content (AvgIpc) is 3.50. The first kappa shape index (κ1) is 24.3. The van der Waals surface area contributed by atoms with Gasteiger partial charge in [0.1, 0.15) is 29.6 Å². The zero-order valence-electron chi connectivity index (χ0n) is 20.8. The molecule has 0 amide bonds. The summed E-state index contributed by atoms with van der Waals surface area (Å²) in [5.41, 5.74) is 7.75. The molecule has 0 atom stereocenters. The summed E-state index contributed by atoms with van der Waals surface area (Å²) in [5, 5.41) is 10.7. The van der Waals surface area contributed by atoms with Crippen molar-refractivity contribution >= 4 is 46.5 Å². The standard InChI is InChI=1S/C23H29N9O2SSi/c1-30-20-16(12-26-32(23(20)33)13-18-25-7-5-17(24)27-18)21-22(30)28-19(35-21)11-15-6-8-31(29-15)14-34-9-10-36(2,3)4/h5-8,12H,9-11,13-14H2,1-4H3,(H2,24,25,27). The number of nitrogen functional groups attached to an aromatic ring is 1. The summed E-state index contributed by atoms with van der Waals surface area (Å²) < 4.78 is 11.7. The van der Waals surface area contributed by atoms with Crippen LogP contribution in [0.25, 0.3) is 21.3 Å². The van der Waals surface area contributed by atoms with Crippen LogP contribution in [-0.2, 0) is 31.5 Å². The molecule has 0 bridgehead atoms. The van der Waals surface area contributed by atoms with E-state index in [0.717, 1.165) is 39.1 Å². The second kappa shape index (κ2) is 9.56. The van der Waals surface area contributed by atoms with E-state index in [2.05, 4.69) is 39.8 Å². The Hall–Kier alpha value is -3.42. The number of hydrogen-bond acceptors (Lipinski definition) is 9. The van der Waals surface area contributed by atoms with Gasteiger partial charge in [0.25, 0.3) is 5.56 Å². The zero-order valence-corrected chi connectivity index (χ0v) is 22.6. The normalized spacial score (nSPS) is 12.2. The van der Waals surface area contributed by atoms with E-state index >= 15 is 0 Å². The fourth-order valence-corrected chi connectivity index (χ4v) is 5.78. The van der Waals surface area contributed by atoms with Crippen LogP contribution in [0.4, 0.5) is 5.82 Å². The lowest BCUT2D eigenvalue weighted by molar-refractivity contribution is 0.0783. The Kier molecular flexibility index (Phi) is 6.45. The monoisotopic (exact) mass is 523 g/mol. The molecule has 36 heavy (non-hydrogen) atoms. The van der Waals surface area contributed by atoms with E-state index in [4.69, 9.17) is 15.5 Å². The van der Waals surface area contributed by atoms with Crippen molar-refractivity contribution in [3.05, 3.63) is 57.6 Å². The highest BCUT2D eigenvalue weighted by Gasteiger charge is 2.19. The van der Waals surface area contributed by atoms with Crippen molar-refractivity contribution in [2.75, 3.05) is 12.3 Å². The predicted octanol–water partition coefficient (Wildman–Crippen LogP) is 2.86. The molecule has 0 aliphatic rings. The van der Waals surface area contributed by atoms with Crippen LogP contribution in [0.2, 0.25) is 25.7 Å². The van der Waals surface area contributed by atoms with Crippen LogP contribution in [0, 0.1) is 0 Å². The lowest BCUT2D eigenvalue weighted by Crippen LogP contribution is -2.25. The van der Waals surface area contributed by atoms with Gasteiger partial charge in [0.2, 0.25) is 0 Å². The highest BCUT2D eigenvalue weighted by molar-refractivity contribution is 7.19. The molecule has 11 nitrogen and oxygen atoms in total. The summed E-state index contributed by atoms with van der Waals surface area (Å²) >= 11 is 1.56. The van der Waals surface area contributed by atoms with Gasteiger partial charge in [-0.25, -0.2) is 24.3 Å². The summed E-state index contributed by atoms with van der Waals surface area (Å²) in [6, 6.07) is 4.73. The quantitative estimate of drug-likeness (QED) is 0.230. The molecule has 0 aliphatic carbocycles. The van der Waals surface area contributed by atoms with E-state index in [0.29, 0.717) is 30.3 Å². The molecule has 5 heterocycles. The van der Waals surface area contributed by atoms with Crippen molar-refractivity contribution in [1.82, 2.24) is 39.1 Å². The minimum Gasteiger partial charge on any atom is -0.384 e. The van der Waals surface area contributed by atoms with E-state index in [1.165, 1.54) is 4.68 Å². The Morgan fingerprint density at radius 2 is 2.03 bits per heavy atom. The maximum atomic E-state index is 13.2. The Balaban J connectivity index is 1.33. The van der Waals surface area contributed by atoms with Crippen LogP contribution >= 0.6 is 11.3 Å². The number of ether oxygens (including phenoxy) is 1. The smallest absolute Gasteiger partial charge is 0.291 e. The molecule has 0 aromatic carbocycles. The maximum absolute atomic E-state index is 13.2. The van der Waals surface area contributed by atoms with Gasteiger partial charge in [-0.15, -0.1) is 11.3 Å². The van der Waals surface area contributed by atoms with Gasteiger partial charge in [-0.2, -0.15) is 10.2 Å². The van der Waals surface area contributed by atoms with E-state index in [1.54, 1.807) is 29.8 Å². The molecule has 0 saturated carbocycles. The van der Waals surface area contributed by atoms with Gasteiger partial charge in [0.05, 0.1) is 16.6 Å². The number of anilines is 1. The lowest BCUT2D eigenvalue weighted by atomic mass is 10.3. The van der Waals surface area contributed by atoms with E-state index < -0.39 is 8.07 Å². The molecular formula is C23H29N9O2SSi. The molecule has 188 valence electrons. The Morgan fingerprint density at radius 1 is 1.19 bits per heavy atom. The molecule has 5 aromatic rings. The van der Waals surface area contributed by atoms with Gasteiger partial charge in [-0.05, 0) is 18.2 Å². The first-order valence-corrected chi connectivity index (χ1v) is 16.2. The third kappa shape index (κ3) is 5.08. The maximum Gasteiger partial charge on any atom is 0.291 e. The van der Waals surface area contributed by atoms with Crippen LogP contribution in [0.1, 0.15) is 16.5 Å². The van der Waals surface area contributed by atoms with Crippen LogP contribution in [0.5, 0.6) is 0 Å². The summed E-state index contributed by atoms with van der Waals surface area (Å²) in [7, 11) is 0.749. The number of hydrogen-bond donors (Lipinski definition) is 1. The minimum absolute atomic E-state index is 0.141. The predicted molar refractivity (Wildman–Crippen MR) is 143 cm³/mol. The topological polar surface area (TPSA) is 132 Å². The Morgan fingerprint density at radius 3 is 2.81 bits per heavy atom. The zero-order chi connectivity index (χ0) is 25.4. The number of thiazole rings is 1. The molecule has 5 aromatic heterocycles. The summed E-state index contributed by atoms with van der Waals surface area (Å²) in [6.45, 7) is 8.37. The number of aromatic nitrogens is 8. The van der Waals surface area contributed by atoms with E-state index in [9.17, 15) is 4.79 Å². The Labute approximate surface area is 212 Å². The Bertz CT molecular complexity index is 1590. The molecule has 13 heteroatoms. The molecule has 2 N–H and O–H groups in total. The molecule has 0 saturated heterocycles. The van der Waals surface area contributed by atoms with Gasteiger partial charge in [0.15, 0.2) is 11.5 Å². The number of aryl methyl sites for hydroxylation is 1. The fourth-order valence-electron chi connectivity index (χ4n) is 3.91. The van der Waals surface area contributed by atoms with Crippen molar-refractivity contribution in [3.8, 4) is 0 Å². The second-order valence-electron chi connectivity index (χ2n) is 9.96. The molecule has 5 rings (SSSR count). The average molecular weight is 524 g/mol. The van der Waals surface area contributed by atoms with Gasteiger partial charge < -0.3 is 15.0 Å². The highest BCUT2D eigenvalue weighted by Crippen LogP contribution is 2.31. The van der Waals surface area contributed by atoms with Gasteiger partial charge in [-0.3, -0.25) is 4.79 Å². The van der Waals surface area contributed by atoms with Crippen LogP contribution in [0.3, 0.4) is 0 Å². The van der Waals surface area contributed by atoms with Gasteiger partial charge in [-0.1, -0.05) is 19.6 Å². The van der Waals surface area contributed by atoms with Crippen molar-refractivity contribution in [3.63, 3.8) is 0 Å². The number of fused-ring (bicyclic) bond motifs is 3. The largest absolute Gasteiger partial charge is 0.384 e. The van der Waals surface area contributed by atoms with Gasteiger partial charge in [0, 0.05) is 45.9 Å². The van der Waals surface area contributed by atoms with Crippen LogP contribution < -0.4 is 11.3 Å². The first-order valence-electron chi connectivity index (χ1n) is 11.7. The summed E-state index contributed by atoms with van der Waals surface area (Å²) in [5.74, 6) is 0.783. The molecule has 0 radical (unpaired) electrons. The van der Waals surface area contributed by atoms with Crippen molar-refractivity contribution in [2.24, 2.45) is 7.05 Å². The van der Waals surface area contributed by atoms with Gasteiger partial charge >= 0.3 is 0 Å². The molecule has 0 fully saturated rings. The van der Waals surface area contributed by atoms with Crippen molar-refractivity contribution in [2.45, 2.75) is 45.4 Å². The van der Waals surface area contributed by atoms with E-state index in [1.807, 2.05) is 28.6 Å². The van der Waals surface area contributed by atoms with Crippen molar-refractivity contribution < 1.29 is 4.74 Å². The van der Waals surface area contributed by atoms with E-state index in [-0.39, 0.29) is 12.1 Å². The second-order valence-corrected chi connectivity index (χ2v) is 16.7. The SMILES string of the molecule is Cn1c2nc(Cc3ccn(COCC[Si](C)(C)C)n3)sc2c2cnn(Cc3nccc(N)n3)c(=O)c21. The number of nitrogens with two attached hydrogens (primary N) is 1. The molecule has 0 unspecified atom stereocenters. The summed E-state index contributed by atoms with van der Waals surface area (Å²) in [4.78, 5) is 26.3. The highest BCUT2D eigenvalue weighted by atomic mass is 32.1. The fraction of sp³-hybridized carbons (Fsp3) is 0.391. The number of nitrogens with zero attached hydrogens (tertiary/aromatic N) is 8. The minimum atomic E-state index is -1.10.